The van der Waals surface area contributed by atoms with Gasteiger partial charge in [-0.1, -0.05) is 70.5 Å². The summed E-state index contributed by atoms with van der Waals surface area (Å²) >= 11 is 3.18. The maximum absolute atomic E-state index is 15.0. The predicted octanol–water partition coefficient (Wildman–Crippen LogP) is 4.05. The van der Waals surface area contributed by atoms with Crippen molar-refractivity contribution in [2.24, 2.45) is 0 Å². The third kappa shape index (κ3) is 2.93. The third-order valence-corrected chi connectivity index (χ3v) is 4.62. The standard InChI is InChI=1S/C18H17BrFNO/c19-12-17(22)21(18(20)13-6-2-1-3-7-13)16-10-14-8-4-5-9-15(14)11-16/h1-9,16,18H,10-12H2. The monoisotopic (exact) mass is 361 g/mol. The maximum atomic E-state index is 15.0. The van der Waals surface area contributed by atoms with Crippen molar-refractivity contribution in [3.63, 3.8) is 0 Å². The second kappa shape index (κ2) is 6.61. The molecule has 2 nitrogen and oxygen atoms in total. The second-order valence-corrected chi connectivity index (χ2v) is 6.07. The molecule has 0 saturated carbocycles. The van der Waals surface area contributed by atoms with Gasteiger partial charge in [-0.05, 0) is 24.0 Å². The van der Waals surface area contributed by atoms with Gasteiger partial charge in [0.1, 0.15) is 0 Å². The summed E-state index contributed by atoms with van der Waals surface area (Å²) in [5.74, 6) is -0.214. The summed E-state index contributed by atoms with van der Waals surface area (Å²) in [4.78, 5) is 13.7. The number of carbonyl (C=O) groups is 1. The molecule has 1 aliphatic carbocycles. The fourth-order valence-corrected chi connectivity index (χ4v) is 3.38. The number of nitrogens with zero attached hydrogens (tertiary/aromatic N) is 1. The topological polar surface area (TPSA) is 20.3 Å². The van der Waals surface area contributed by atoms with Crippen LogP contribution in [0.3, 0.4) is 0 Å². The van der Waals surface area contributed by atoms with E-state index >= 15 is 0 Å². The van der Waals surface area contributed by atoms with Gasteiger partial charge in [0.2, 0.25) is 12.2 Å². The molecule has 2 aromatic rings. The van der Waals surface area contributed by atoms with Crippen LogP contribution in [0.25, 0.3) is 0 Å². The van der Waals surface area contributed by atoms with Gasteiger partial charge >= 0.3 is 0 Å². The molecule has 2 aromatic carbocycles. The van der Waals surface area contributed by atoms with Crippen LogP contribution in [-0.4, -0.2) is 22.2 Å². The molecule has 0 bridgehead atoms. The van der Waals surface area contributed by atoms with E-state index in [1.165, 1.54) is 16.0 Å². The second-order valence-electron chi connectivity index (χ2n) is 5.51. The number of halogens is 2. The van der Waals surface area contributed by atoms with Gasteiger partial charge in [-0.3, -0.25) is 4.79 Å². The fourth-order valence-electron chi connectivity index (χ4n) is 3.09. The van der Waals surface area contributed by atoms with Crippen LogP contribution in [0.4, 0.5) is 4.39 Å². The molecular weight excluding hydrogens is 345 g/mol. The summed E-state index contributed by atoms with van der Waals surface area (Å²) in [5, 5.41) is 0.132. The highest BCUT2D eigenvalue weighted by Gasteiger charge is 2.34. The minimum atomic E-state index is -1.41. The van der Waals surface area contributed by atoms with Crippen molar-refractivity contribution in [1.29, 1.82) is 0 Å². The van der Waals surface area contributed by atoms with Gasteiger partial charge in [0.25, 0.3) is 0 Å². The molecular formula is C18H17BrFNO. The minimum absolute atomic E-state index is 0.127. The highest BCUT2D eigenvalue weighted by atomic mass is 79.9. The first-order valence-corrected chi connectivity index (χ1v) is 8.45. The van der Waals surface area contributed by atoms with E-state index in [1.807, 2.05) is 18.2 Å². The lowest BCUT2D eigenvalue weighted by atomic mass is 10.1. The van der Waals surface area contributed by atoms with Crippen molar-refractivity contribution in [3.05, 3.63) is 71.3 Å². The van der Waals surface area contributed by atoms with Crippen LogP contribution in [-0.2, 0) is 17.6 Å². The Hall–Kier alpha value is -1.68. The highest BCUT2D eigenvalue weighted by Crippen LogP contribution is 2.32. The van der Waals surface area contributed by atoms with E-state index < -0.39 is 6.30 Å². The van der Waals surface area contributed by atoms with E-state index in [0.717, 1.165) is 0 Å². The number of benzene rings is 2. The average molecular weight is 362 g/mol. The lowest BCUT2D eigenvalue weighted by Crippen LogP contribution is -2.42. The Labute approximate surface area is 138 Å². The number of alkyl halides is 2. The third-order valence-electron chi connectivity index (χ3n) is 4.14. The smallest absolute Gasteiger partial charge is 0.236 e. The van der Waals surface area contributed by atoms with Crippen molar-refractivity contribution in [1.82, 2.24) is 4.90 Å². The van der Waals surface area contributed by atoms with Crippen LogP contribution in [0, 0.1) is 0 Å². The Bertz CT molecular complexity index is 636. The summed E-state index contributed by atoms with van der Waals surface area (Å²) in [6.45, 7) is 0. The summed E-state index contributed by atoms with van der Waals surface area (Å²) < 4.78 is 15.0. The Morgan fingerprint density at radius 3 is 2.18 bits per heavy atom. The van der Waals surface area contributed by atoms with E-state index in [1.54, 1.807) is 24.3 Å². The lowest BCUT2D eigenvalue weighted by molar-refractivity contribution is -0.137. The normalized spacial score (nSPS) is 15.4. The molecule has 0 radical (unpaired) electrons. The fraction of sp³-hybridized carbons (Fsp3) is 0.278. The summed E-state index contributed by atoms with van der Waals surface area (Å²) in [6.07, 6.45) is 0.00945. The number of fused-ring (bicyclic) bond motifs is 1. The van der Waals surface area contributed by atoms with Crippen LogP contribution < -0.4 is 0 Å². The Morgan fingerprint density at radius 2 is 1.64 bits per heavy atom. The zero-order chi connectivity index (χ0) is 15.5. The van der Waals surface area contributed by atoms with E-state index in [-0.39, 0.29) is 17.3 Å². The molecule has 0 fully saturated rings. The van der Waals surface area contributed by atoms with Gasteiger partial charge in [0.15, 0.2) is 0 Å². The van der Waals surface area contributed by atoms with Crippen molar-refractivity contribution < 1.29 is 9.18 Å². The molecule has 3 rings (SSSR count). The lowest BCUT2D eigenvalue weighted by Gasteiger charge is -2.32. The number of rotatable bonds is 4. The number of amides is 1. The molecule has 1 unspecified atom stereocenters. The maximum Gasteiger partial charge on any atom is 0.236 e. The van der Waals surface area contributed by atoms with Gasteiger partial charge in [0.05, 0.1) is 5.33 Å². The van der Waals surface area contributed by atoms with E-state index in [2.05, 4.69) is 28.1 Å². The van der Waals surface area contributed by atoms with E-state index in [4.69, 9.17) is 0 Å². The first-order valence-electron chi connectivity index (χ1n) is 7.33. The van der Waals surface area contributed by atoms with Crippen LogP contribution in [0.1, 0.15) is 23.0 Å². The molecule has 0 aliphatic heterocycles. The quantitative estimate of drug-likeness (QED) is 0.594. The molecule has 0 N–H and O–H groups in total. The highest BCUT2D eigenvalue weighted by molar-refractivity contribution is 9.09. The van der Waals surface area contributed by atoms with E-state index in [9.17, 15) is 9.18 Å². The predicted molar refractivity (Wildman–Crippen MR) is 88.6 cm³/mol. The van der Waals surface area contributed by atoms with Crippen molar-refractivity contribution in [2.75, 3.05) is 5.33 Å². The molecule has 1 aliphatic rings. The van der Waals surface area contributed by atoms with E-state index in [0.29, 0.717) is 18.4 Å². The zero-order valence-electron chi connectivity index (χ0n) is 12.1. The Kier molecular flexibility index (Phi) is 4.57. The molecule has 0 aromatic heterocycles. The first-order chi connectivity index (χ1) is 10.7. The molecule has 1 amide bonds. The Balaban J connectivity index is 1.87. The summed E-state index contributed by atoms with van der Waals surface area (Å²) in [6, 6.07) is 16.8. The molecule has 1 atom stereocenters. The van der Waals surface area contributed by atoms with Crippen molar-refractivity contribution >= 4 is 21.8 Å². The van der Waals surface area contributed by atoms with Gasteiger partial charge in [-0.25, -0.2) is 4.39 Å². The number of carbonyl (C=O) groups excluding carboxylic acids is 1. The van der Waals surface area contributed by atoms with Gasteiger partial charge in [-0.2, -0.15) is 0 Å². The van der Waals surface area contributed by atoms with Crippen LogP contribution in [0.15, 0.2) is 54.6 Å². The number of hydrogen-bond acceptors (Lipinski definition) is 1. The molecule has 0 heterocycles. The van der Waals surface area contributed by atoms with Crippen LogP contribution in [0.2, 0.25) is 0 Å². The van der Waals surface area contributed by atoms with Gasteiger partial charge in [0, 0.05) is 11.6 Å². The molecule has 114 valence electrons. The molecule has 0 saturated heterocycles. The van der Waals surface area contributed by atoms with Crippen molar-refractivity contribution in [3.8, 4) is 0 Å². The molecule has 0 spiro atoms. The Morgan fingerprint density at radius 1 is 1.09 bits per heavy atom. The minimum Gasteiger partial charge on any atom is -0.304 e. The molecule has 22 heavy (non-hydrogen) atoms. The molecule has 4 heteroatoms. The largest absolute Gasteiger partial charge is 0.304 e. The van der Waals surface area contributed by atoms with Gasteiger partial charge < -0.3 is 4.90 Å². The van der Waals surface area contributed by atoms with Crippen LogP contribution >= 0.6 is 15.9 Å². The number of hydrogen-bond donors (Lipinski definition) is 0. The first kappa shape index (κ1) is 15.2. The van der Waals surface area contributed by atoms with Crippen LogP contribution in [0.5, 0.6) is 0 Å². The zero-order valence-corrected chi connectivity index (χ0v) is 13.7. The SMILES string of the molecule is O=C(CBr)N(C1Cc2ccccc2C1)C(F)c1ccccc1. The van der Waals surface area contributed by atoms with Crippen molar-refractivity contribution in [2.45, 2.75) is 25.2 Å². The summed E-state index contributed by atoms with van der Waals surface area (Å²) in [5.41, 5.74) is 2.94. The summed E-state index contributed by atoms with van der Waals surface area (Å²) in [7, 11) is 0. The average Bonchev–Trinajstić information content (AvgIpc) is 2.99. The van der Waals surface area contributed by atoms with Gasteiger partial charge in [-0.15, -0.1) is 0 Å².